The number of benzene rings is 2. The van der Waals surface area contributed by atoms with E-state index in [9.17, 15) is 23.2 Å². The second kappa shape index (κ2) is 11.1. The number of rotatable bonds is 9. The molecule has 11 heteroatoms. The number of aryl methyl sites for hydroxylation is 1. The lowest BCUT2D eigenvalue weighted by atomic mass is 10.1. The zero-order valence-corrected chi connectivity index (χ0v) is 21.3. The molecule has 0 spiro atoms. The normalized spacial score (nSPS) is 11.1. The van der Waals surface area contributed by atoms with E-state index >= 15 is 0 Å². The van der Waals surface area contributed by atoms with Crippen molar-refractivity contribution in [2.24, 2.45) is 0 Å². The van der Waals surface area contributed by atoms with E-state index in [1.165, 1.54) is 23.5 Å². The summed E-state index contributed by atoms with van der Waals surface area (Å²) in [6.45, 7) is -0.351. The number of halogens is 3. The van der Waals surface area contributed by atoms with Crippen LogP contribution in [0.1, 0.15) is 31.4 Å². The zero-order valence-electron chi connectivity index (χ0n) is 19.7. The van der Waals surface area contributed by atoms with Gasteiger partial charge in [0.25, 0.3) is 5.91 Å². The number of nitrogens with one attached hydrogen (secondary N) is 1. The molecule has 0 fully saturated rings. The quantitative estimate of drug-likeness (QED) is 0.214. The van der Waals surface area contributed by atoms with E-state index in [4.69, 9.17) is 16.3 Å². The number of hydrogen-bond acceptors (Lipinski definition) is 6. The first-order valence-electron chi connectivity index (χ1n) is 11.0. The third-order valence-corrected chi connectivity index (χ3v) is 7.22. The van der Waals surface area contributed by atoms with Gasteiger partial charge in [-0.3, -0.25) is 14.4 Å². The van der Waals surface area contributed by atoms with Crippen LogP contribution in [0.5, 0.6) is 5.75 Å². The maximum absolute atomic E-state index is 12.7. The Balaban J connectivity index is 1.35. The highest BCUT2D eigenvalue weighted by Crippen LogP contribution is 2.35. The van der Waals surface area contributed by atoms with Gasteiger partial charge in [0, 0.05) is 32.7 Å². The summed E-state index contributed by atoms with van der Waals surface area (Å²) >= 11 is 7.50. The minimum Gasteiger partial charge on any atom is -0.456 e. The van der Waals surface area contributed by atoms with Crippen LogP contribution in [0.2, 0.25) is 5.02 Å². The maximum Gasteiger partial charge on any atom is 0.387 e. The van der Waals surface area contributed by atoms with Crippen molar-refractivity contribution in [2.75, 3.05) is 13.2 Å². The molecule has 37 heavy (non-hydrogen) atoms. The van der Waals surface area contributed by atoms with Crippen LogP contribution in [-0.2, 0) is 9.53 Å². The molecule has 0 unspecified atom stereocenters. The minimum absolute atomic E-state index is 0.0196. The molecule has 4 aromatic rings. The van der Waals surface area contributed by atoms with E-state index in [1.54, 1.807) is 42.7 Å². The number of fused-ring (bicyclic) bond motifs is 1. The van der Waals surface area contributed by atoms with Crippen molar-refractivity contribution in [2.45, 2.75) is 20.5 Å². The molecule has 1 N–H and O–H groups in total. The Morgan fingerprint density at radius 3 is 2.46 bits per heavy atom. The van der Waals surface area contributed by atoms with Gasteiger partial charge in [-0.25, -0.2) is 0 Å². The van der Waals surface area contributed by atoms with E-state index in [0.717, 1.165) is 15.8 Å². The number of alkyl halides is 2. The molecule has 2 aromatic heterocycles. The molecule has 1 amide bonds. The van der Waals surface area contributed by atoms with Crippen LogP contribution >= 0.6 is 22.9 Å². The van der Waals surface area contributed by atoms with Crippen molar-refractivity contribution in [1.82, 2.24) is 9.88 Å². The number of hydrogen-bond donors (Lipinski definition) is 1. The van der Waals surface area contributed by atoms with Gasteiger partial charge >= 0.3 is 12.6 Å². The van der Waals surface area contributed by atoms with Gasteiger partial charge in [0.1, 0.15) is 17.2 Å². The third kappa shape index (κ3) is 5.81. The third-order valence-electron chi connectivity index (χ3n) is 5.55. The molecular formula is C26H21ClF2N2O5S. The summed E-state index contributed by atoms with van der Waals surface area (Å²) in [6.07, 6.45) is 0. The van der Waals surface area contributed by atoms with Crippen LogP contribution in [0, 0.1) is 13.8 Å². The van der Waals surface area contributed by atoms with Gasteiger partial charge in [-0.05, 0) is 50.2 Å². The number of aromatic nitrogens is 1. The van der Waals surface area contributed by atoms with Gasteiger partial charge in [0.15, 0.2) is 6.61 Å². The topological polar surface area (TPSA) is 86.6 Å². The summed E-state index contributed by atoms with van der Waals surface area (Å²) in [5, 5.41) is 3.53. The largest absolute Gasteiger partial charge is 0.456 e. The van der Waals surface area contributed by atoms with Crippen molar-refractivity contribution < 1.29 is 32.6 Å². The predicted octanol–water partition coefficient (Wildman–Crippen LogP) is 5.72. The summed E-state index contributed by atoms with van der Waals surface area (Å²) in [5.41, 5.74) is 2.31. The van der Waals surface area contributed by atoms with Crippen LogP contribution < -0.4 is 10.1 Å². The van der Waals surface area contributed by atoms with Crippen molar-refractivity contribution >= 4 is 50.7 Å². The zero-order chi connectivity index (χ0) is 26.7. The molecule has 0 aliphatic heterocycles. The molecule has 2 heterocycles. The first kappa shape index (κ1) is 26.3. The number of ketones is 1. The van der Waals surface area contributed by atoms with Gasteiger partial charge in [0.2, 0.25) is 5.78 Å². The summed E-state index contributed by atoms with van der Waals surface area (Å²) in [5.74, 6) is -1.69. The molecule has 0 aliphatic rings. The van der Waals surface area contributed by atoms with Crippen molar-refractivity contribution in [3.8, 4) is 11.4 Å². The SMILES string of the molecule is Cc1cc(C(=O)COC(=O)CNC(=O)c2sc3ccccc3c2Cl)c(C)n1-c1ccc(OC(F)F)cc1. The lowest BCUT2D eigenvalue weighted by molar-refractivity contribution is -0.141. The fourth-order valence-electron chi connectivity index (χ4n) is 3.89. The van der Waals surface area contributed by atoms with E-state index in [1.807, 2.05) is 18.2 Å². The van der Waals surface area contributed by atoms with Gasteiger partial charge in [-0.2, -0.15) is 8.78 Å². The van der Waals surface area contributed by atoms with Gasteiger partial charge < -0.3 is 19.4 Å². The molecule has 192 valence electrons. The molecular weight excluding hydrogens is 526 g/mol. The number of carbonyl (C=O) groups excluding carboxylic acids is 3. The Kier molecular flexibility index (Phi) is 7.89. The number of Topliss-reactive ketones (excluding diaryl/α,β-unsaturated/α-hetero) is 1. The first-order chi connectivity index (χ1) is 17.7. The van der Waals surface area contributed by atoms with E-state index in [2.05, 4.69) is 10.1 Å². The molecule has 0 radical (unpaired) electrons. The lowest BCUT2D eigenvalue weighted by Crippen LogP contribution is -2.31. The fraction of sp³-hybridized carbons (Fsp3) is 0.192. The Morgan fingerprint density at radius 1 is 1.08 bits per heavy atom. The highest BCUT2D eigenvalue weighted by atomic mass is 35.5. The van der Waals surface area contributed by atoms with Crippen molar-refractivity contribution in [3.63, 3.8) is 0 Å². The van der Waals surface area contributed by atoms with E-state index in [-0.39, 0.29) is 10.6 Å². The maximum atomic E-state index is 12.7. The van der Waals surface area contributed by atoms with Crippen LogP contribution in [-0.4, -0.2) is 42.0 Å². The second-order valence-electron chi connectivity index (χ2n) is 8.00. The molecule has 0 bridgehead atoms. The molecule has 0 atom stereocenters. The molecule has 0 saturated heterocycles. The highest BCUT2D eigenvalue weighted by molar-refractivity contribution is 7.21. The average Bonchev–Trinajstić information content (AvgIpc) is 3.37. The van der Waals surface area contributed by atoms with E-state index in [0.29, 0.717) is 22.0 Å². The molecule has 7 nitrogen and oxygen atoms in total. The highest BCUT2D eigenvalue weighted by Gasteiger charge is 2.20. The summed E-state index contributed by atoms with van der Waals surface area (Å²) in [6, 6.07) is 15.0. The minimum atomic E-state index is -2.92. The second-order valence-corrected chi connectivity index (χ2v) is 9.43. The number of nitrogens with zero attached hydrogens (tertiary/aromatic N) is 1. The number of thiophene rings is 1. The molecule has 4 rings (SSSR count). The van der Waals surface area contributed by atoms with Gasteiger partial charge in [0.05, 0.1) is 5.02 Å². The average molecular weight is 547 g/mol. The number of esters is 1. The number of amides is 1. The summed E-state index contributed by atoms with van der Waals surface area (Å²) in [7, 11) is 0. The number of ether oxygens (including phenoxy) is 2. The Hall–Kier alpha value is -3.76. The Morgan fingerprint density at radius 2 is 1.78 bits per heavy atom. The Labute approximate surface area is 219 Å². The standard InChI is InChI=1S/C26H21ClF2N2O5S/c1-14-11-19(15(2)31(14)16-7-9-17(10-8-16)36-26(28)29)20(32)13-35-22(33)12-30-25(34)24-23(27)18-5-3-4-6-21(18)37-24/h3-11,26H,12-13H2,1-2H3,(H,30,34). The fourth-order valence-corrected chi connectivity index (χ4v) is 5.32. The van der Waals surface area contributed by atoms with Crippen LogP contribution in [0.25, 0.3) is 15.8 Å². The predicted molar refractivity (Wildman–Crippen MR) is 136 cm³/mol. The van der Waals surface area contributed by atoms with Crippen LogP contribution in [0.15, 0.2) is 54.6 Å². The molecule has 0 aliphatic carbocycles. The summed E-state index contributed by atoms with van der Waals surface area (Å²) in [4.78, 5) is 37.7. The van der Waals surface area contributed by atoms with E-state index < -0.39 is 37.4 Å². The lowest BCUT2D eigenvalue weighted by Gasteiger charge is -2.11. The smallest absolute Gasteiger partial charge is 0.387 e. The van der Waals surface area contributed by atoms with Crippen molar-refractivity contribution in [1.29, 1.82) is 0 Å². The van der Waals surface area contributed by atoms with Gasteiger partial charge in [-0.15, -0.1) is 11.3 Å². The van der Waals surface area contributed by atoms with Crippen LogP contribution in [0.3, 0.4) is 0 Å². The molecule has 0 saturated carbocycles. The Bertz CT molecular complexity index is 1480. The molecule has 2 aromatic carbocycles. The monoisotopic (exact) mass is 546 g/mol. The summed E-state index contributed by atoms with van der Waals surface area (Å²) < 4.78 is 36.8. The van der Waals surface area contributed by atoms with Crippen LogP contribution in [0.4, 0.5) is 8.78 Å². The van der Waals surface area contributed by atoms with Crippen molar-refractivity contribution in [3.05, 3.63) is 81.4 Å². The first-order valence-corrected chi connectivity index (χ1v) is 12.2. The number of carbonyl (C=O) groups is 3. The van der Waals surface area contributed by atoms with Gasteiger partial charge in [-0.1, -0.05) is 29.8 Å².